The fraction of sp³-hybridized carbons (Fsp3) is 0.133. The smallest absolute Gasteiger partial charge is 0.206 e. The van der Waals surface area contributed by atoms with Gasteiger partial charge in [0.05, 0.1) is 18.5 Å². The lowest BCUT2D eigenvalue weighted by Gasteiger charge is -1.96. The van der Waals surface area contributed by atoms with Crippen LogP contribution in [0.4, 0.5) is 5.13 Å². The zero-order valence-corrected chi connectivity index (χ0v) is 15.6. The Morgan fingerprint density at radius 1 is 1.21 bits per heavy atom. The molecule has 0 radical (unpaired) electrons. The molecule has 0 amide bonds. The second kappa shape index (κ2) is 7.47. The highest BCUT2D eigenvalue weighted by atomic mass is 32.2. The van der Waals surface area contributed by atoms with E-state index in [1.165, 1.54) is 5.56 Å². The van der Waals surface area contributed by atoms with Crippen molar-refractivity contribution in [2.24, 2.45) is 0 Å². The second-order valence-corrected chi connectivity index (χ2v) is 8.59. The number of thiazole rings is 1. The van der Waals surface area contributed by atoms with Gasteiger partial charge in [0.25, 0.3) is 0 Å². The Hall–Kier alpha value is -1.68. The average molecular weight is 393 g/mol. The molecule has 122 valence electrons. The van der Waals surface area contributed by atoms with Crippen LogP contribution in [0.25, 0.3) is 10.6 Å². The number of anilines is 1. The van der Waals surface area contributed by atoms with Crippen LogP contribution in [-0.2, 0) is 12.3 Å². The minimum absolute atomic E-state index is 0.613. The van der Waals surface area contributed by atoms with Gasteiger partial charge in [0, 0.05) is 22.1 Å². The minimum atomic E-state index is 0.613. The number of hydrogen-bond donors (Lipinski definition) is 1. The van der Waals surface area contributed by atoms with Crippen LogP contribution in [0.2, 0.25) is 0 Å². The molecule has 4 heterocycles. The number of rotatable bonds is 7. The SMILES string of the molecule is c1coc(CNc2nnc(SCc3csc(-c4ccsc4)n3)s2)c1. The van der Waals surface area contributed by atoms with Gasteiger partial charge in [-0.05, 0) is 23.6 Å². The molecule has 0 saturated carbocycles. The summed E-state index contributed by atoms with van der Waals surface area (Å²) in [5.74, 6) is 1.68. The average Bonchev–Trinajstić information content (AvgIpc) is 3.40. The van der Waals surface area contributed by atoms with E-state index in [4.69, 9.17) is 4.42 Å². The number of furan rings is 1. The maximum absolute atomic E-state index is 5.28. The molecular weight excluding hydrogens is 380 g/mol. The van der Waals surface area contributed by atoms with Gasteiger partial charge >= 0.3 is 0 Å². The van der Waals surface area contributed by atoms with E-state index in [0.29, 0.717) is 6.54 Å². The third kappa shape index (κ3) is 3.86. The predicted molar refractivity (Wildman–Crippen MR) is 101 cm³/mol. The molecule has 4 rings (SSSR count). The van der Waals surface area contributed by atoms with Crippen molar-refractivity contribution >= 4 is 50.9 Å². The van der Waals surface area contributed by atoms with Gasteiger partial charge in [0.1, 0.15) is 10.8 Å². The third-order valence-electron chi connectivity index (χ3n) is 3.06. The molecule has 0 aliphatic rings. The third-order valence-corrected chi connectivity index (χ3v) is 6.74. The Morgan fingerprint density at radius 2 is 2.21 bits per heavy atom. The molecule has 0 aliphatic carbocycles. The van der Waals surface area contributed by atoms with Crippen LogP contribution in [0.3, 0.4) is 0 Å². The van der Waals surface area contributed by atoms with Crippen molar-refractivity contribution < 1.29 is 4.42 Å². The number of aromatic nitrogens is 3. The summed E-state index contributed by atoms with van der Waals surface area (Å²) in [5.41, 5.74) is 2.27. The van der Waals surface area contributed by atoms with Crippen LogP contribution in [0.1, 0.15) is 11.5 Å². The first-order chi connectivity index (χ1) is 11.9. The molecule has 0 atom stereocenters. The molecule has 0 unspecified atom stereocenters. The summed E-state index contributed by atoms with van der Waals surface area (Å²) >= 11 is 6.57. The minimum Gasteiger partial charge on any atom is -0.467 e. The Kier molecular flexibility index (Phi) is 4.93. The molecule has 0 aromatic carbocycles. The van der Waals surface area contributed by atoms with E-state index in [2.05, 4.69) is 42.7 Å². The topological polar surface area (TPSA) is 63.8 Å². The van der Waals surface area contributed by atoms with E-state index in [9.17, 15) is 0 Å². The van der Waals surface area contributed by atoms with Gasteiger partial charge < -0.3 is 9.73 Å². The van der Waals surface area contributed by atoms with Crippen LogP contribution in [0.5, 0.6) is 0 Å². The van der Waals surface area contributed by atoms with E-state index in [1.54, 1.807) is 52.0 Å². The van der Waals surface area contributed by atoms with Crippen molar-refractivity contribution in [1.29, 1.82) is 0 Å². The predicted octanol–water partition coefficient (Wildman–Crippen LogP) is 5.22. The van der Waals surface area contributed by atoms with E-state index in [0.717, 1.165) is 31.7 Å². The molecular formula is C15H12N4OS4. The maximum Gasteiger partial charge on any atom is 0.206 e. The highest BCUT2D eigenvalue weighted by Crippen LogP contribution is 2.31. The van der Waals surface area contributed by atoms with Gasteiger partial charge in [0.15, 0.2) is 4.34 Å². The molecule has 0 aliphatic heterocycles. The number of nitrogens with one attached hydrogen (secondary N) is 1. The van der Waals surface area contributed by atoms with Gasteiger partial charge in [-0.15, -0.1) is 21.5 Å². The zero-order chi connectivity index (χ0) is 16.2. The highest BCUT2D eigenvalue weighted by Gasteiger charge is 2.09. The summed E-state index contributed by atoms with van der Waals surface area (Å²) in [5, 5.41) is 19.7. The van der Waals surface area contributed by atoms with Crippen molar-refractivity contribution in [3.8, 4) is 10.6 Å². The zero-order valence-electron chi connectivity index (χ0n) is 12.3. The van der Waals surface area contributed by atoms with Crippen molar-refractivity contribution in [2.45, 2.75) is 16.6 Å². The lowest BCUT2D eigenvalue weighted by molar-refractivity contribution is 0.518. The van der Waals surface area contributed by atoms with Gasteiger partial charge in [-0.1, -0.05) is 23.1 Å². The molecule has 4 aromatic heterocycles. The standard InChI is InChI=1S/C15H12N4OS4/c1-2-12(20-4-1)6-16-14-18-19-15(24-14)23-9-11-8-22-13(17-11)10-3-5-21-7-10/h1-5,7-8H,6,9H2,(H,16,18). The quantitative estimate of drug-likeness (QED) is 0.435. The van der Waals surface area contributed by atoms with Gasteiger partial charge in [0.2, 0.25) is 5.13 Å². The van der Waals surface area contributed by atoms with Gasteiger partial charge in [-0.25, -0.2) is 4.98 Å². The first kappa shape index (κ1) is 15.8. The van der Waals surface area contributed by atoms with E-state index in [-0.39, 0.29) is 0 Å². The summed E-state index contributed by atoms with van der Waals surface area (Å²) in [4.78, 5) is 4.68. The molecule has 1 N–H and O–H groups in total. The fourth-order valence-corrected chi connectivity index (χ4v) is 5.22. The molecule has 0 bridgehead atoms. The summed E-state index contributed by atoms with van der Waals surface area (Å²) in [6.45, 7) is 0.613. The van der Waals surface area contributed by atoms with Crippen molar-refractivity contribution in [3.05, 3.63) is 52.1 Å². The Bertz CT molecular complexity index is 883. The van der Waals surface area contributed by atoms with Crippen LogP contribution < -0.4 is 5.32 Å². The Morgan fingerprint density at radius 3 is 3.04 bits per heavy atom. The fourth-order valence-electron chi connectivity index (χ4n) is 1.94. The van der Waals surface area contributed by atoms with Gasteiger partial charge in [-0.3, -0.25) is 0 Å². The first-order valence-electron chi connectivity index (χ1n) is 7.06. The normalized spacial score (nSPS) is 11.0. The van der Waals surface area contributed by atoms with Crippen molar-refractivity contribution in [2.75, 3.05) is 5.32 Å². The number of nitrogens with zero attached hydrogens (tertiary/aromatic N) is 3. The summed E-state index contributed by atoms with van der Waals surface area (Å²) < 4.78 is 6.22. The molecule has 24 heavy (non-hydrogen) atoms. The Labute approximate surface area is 154 Å². The second-order valence-electron chi connectivity index (χ2n) is 4.75. The van der Waals surface area contributed by atoms with Crippen molar-refractivity contribution in [1.82, 2.24) is 15.2 Å². The van der Waals surface area contributed by atoms with Crippen molar-refractivity contribution in [3.63, 3.8) is 0 Å². The summed E-state index contributed by atoms with van der Waals surface area (Å²) in [6, 6.07) is 5.90. The lowest BCUT2D eigenvalue weighted by Crippen LogP contribution is -1.96. The van der Waals surface area contributed by atoms with E-state index in [1.807, 2.05) is 12.1 Å². The van der Waals surface area contributed by atoms with Crippen LogP contribution in [-0.4, -0.2) is 15.2 Å². The van der Waals surface area contributed by atoms with Crippen LogP contribution >= 0.6 is 45.8 Å². The maximum atomic E-state index is 5.28. The summed E-state index contributed by atoms with van der Waals surface area (Å²) in [6.07, 6.45) is 1.66. The molecule has 5 nitrogen and oxygen atoms in total. The van der Waals surface area contributed by atoms with Crippen LogP contribution in [0, 0.1) is 0 Å². The lowest BCUT2D eigenvalue weighted by atomic mass is 10.4. The van der Waals surface area contributed by atoms with Gasteiger partial charge in [-0.2, -0.15) is 11.3 Å². The first-order valence-corrected chi connectivity index (χ1v) is 10.7. The Balaban J connectivity index is 1.31. The molecule has 0 fully saturated rings. The van der Waals surface area contributed by atoms with E-state index >= 15 is 0 Å². The summed E-state index contributed by atoms with van der Waals surface area (Å²) in [7, 11) is 0. The van der Waals surface area contributed by atoms with Crippen LogP contribution in [0.15, 0.2) is 49.4 Å². The largest absolute Gasteiger partial charge is 0.467 e. The molecule has 4 aromatic rings. The molecule has 0 spiro atoms. The number of thiophene rings is 1. The number of thioether (sulfide) groups is 1. The monoisotopic (exact) mass is 392 g/mol. The number of hydrogen-bond acceptors (Lipinski definition) is 9. The highest BCUT2D eigenvalue weighted by molar-refractivity contribution is 8.00. The van der Waals surface area contributed by atoms with E-state index < -0.39 is 0 Å². The molecule has 0 saturated heterocycles. The molecule has 9 heteroatoms.